The van der Waals surface area contributed by atoms with Gasteiger partial charge < -0.3 is 14.8 Å². The fraction of sp³-hybridized carbons (Fsp3) is 0.261. The Bertz CT molecular complexity index is 1240. The molecule has 0 atom stereocenters. The van der Waals surface area contributed by atoms with Gasteiger partial charge in [-0.25, -0.2) is 0 Å². The number of nitrogens with one attached hydrogen (secondary N) is 1. The van der Waals surface area contributed by atoms with Crippen LogP contribution < -0.4 is 5.32 Å². The van der Waals surface area contributed by atoms with Crippen LogP contribution in [0.1, 0.15) is 12.0 Å². The predicted octanol–water partition coefficient (Wildman–Crippen LogP) is 4.18. The van der Waals surface area contributed by atoms with E-state index in [-0.39, 0.29) is 5.91 Å². The van der Waals surface area contributed by atoms with Crippen LogP contribution in [0, 0.1) is 0 Å². The first-order valence-corrected chi connectivity index (χ1v) is 12.7. The lowest BCUT2D eigenvalue weighted by Crippen LogP contribution is -2.17. The van der Waals surface area contributed by atoms with Gasteiger partial charge in [-0.05, 0) is 51.3 Å². The van der Waals surface area contributed by atoms with Crippen LogP contribution in [0.4, 0.5) is 5.69 Å². The zero-order chi connectivity index (χ0) is 23.3. The minimum Gasteiger partial charge on any atom is -0.347 e. The normalized spacial score (nSPS) is 14.8. The third kappa shape index (κ3) is 6.70. The van der Waals surface area contributed by atoms with E-state index < -0.39 is 10.1 Å². The average Bonchev–Trinajstić information content (AvgIpc) is 3.05. The third-order valence-electron chi connectivity index (χ3n) is 4.69. The van der Waals surface area contributed by atoms with E-state index >= 15 is 0 Å². The molecule has 2 aromatic carbocycles. The van der Waals surface area contributed by atoms with Crippen LogP contribution in [0.2, 0.25) is 0 Å². The van der Waals surface area contributed by atoms with Gasteiger partial charge in [-0.15, -0.1) is 0 Å². The van der Waals surface area contributed by atoms with Crippen molar-refractivity contribution in [3.63, 3.8) is 0 Å². The maximum atomic E-state index is 12.5. The van der Waals surface area contributed by atoms with Crippen molar-refractivity contribution in [2.24, 2.45) is 0 Å². The molecule has 1 aliphatic rings. The number of fused-ring (bicyclic) bond motifs is 2. The summed E-state index contributed by atoms with van der Waals surface area (Å²) in [6.07, 6.45) is 5.99. The summed E-state index contributed by atoms with van der Waals surface area (Å²) in [5, 5.41) is 4.17. The van der Waals surface area contributed by atoms with Gasteiger partial charge in [0.05, 0.1) is 16.8 Å². The van der Waals surface area contributed by atoms with Gasteiger partial charge >= 0.3 is 0 Å². The van der Waals surface area contributed by atoms with Crippen LogP contribution in [0.5, 0.6) is 0 Å². The number of amides is 1. The Labute approximate surface area is 192 Å². The Balaban J connectivity index is 0.000000523. The molecule has 0 unspecified atom stereocenters. The number of aromatic nitrogens is 1. The number of carbonyl (C=O) groups excluding carboxylic acids is 1. The Kier molecular flexibility index (Phi) is 7.78. The van der Waals surface area contributed by atoms with Crippen LogP contribution in [0.3, 0.4) is 0 Å². The summed E-state index contributed by atoms with van der Waals surface area (Å²) in [6.45, 7) is 2.02. The number of carbonyl (C=O) groups is 1. The van der Waals surface area contributed by atoms with E-state index in [9.17, 15) is 13.2 Å². The Morgan fingerprint density at radius 2 is 1.78 bits per heavy atom. The first-order valence-electron chi connectivity index (χ1n) is 10.1. The van der Waals surface area contributed by atoms with Crippen molar-refractivity contribution in [3.8, 4) is 0 Å². The number of hydrogen-bond acceptors (Lipinski definition) is 5. The smallest absolute Gasteiger partial charge is 0.262 e. The topological polar surface area (TPSA) is 91.6 Å². The number of anilines is 1. The van der Waals surface area contributed by atoms with Gasteiger partial charge in [0.2, 0.25) is 0 Å². The molecule has 32 heavy (non-hydrogen) atoms. The molecule has 0 saturated carbocycles. The number of rotatable bonds is 5. The summed E-state index contributed by atoms with van der Waals surface area (Å²) in [5.74, 6) is -0.0388. The molecule has 0 saturated heterocycles. The molecule has 9 heteroatoms. The largest absolute Gasteiger partial charge is 0.347 e. The molecule has 170 valence electrons. The molecule has 0 fully saturated rings. The SMILES string of the molecule is CN(C)CCCn1cc(C=C2Sc3ccccc3NC2=O)c2ccccc21.CS(=O)(=O)O. The van der Waals surface area contributed by atoms with Gasteiger partial charge in [0, 0.05) is 34.1 Å². The van der Waals surface area contributed by atoms with Crippen LogP contribution in [-0.2, 0) is 21.5 Å². The van der Waals surface area contributed by atoms with Crippen molar-refractivity contribution in [3.05, 3.63) is 65.2 Å². The molecule has 2 N–H and O–H groups in total. The second-order valence-corrected chi connectivity index (χ2v) is 10.3. The standard InChI is InChI=1S/C22H23N3OS.CH4O3S/c1-24(2)12-7-13-25-15-16(17-8-3-5-10-19(17)25)14-21-22(26)23-18-9-4-6-11-20(18)27-21;1-5(2,3)4/h3-6,8-11,14-15H,7,12-13H2,1-2H3,(H,23,26);1H3,(H,2,3,4). The van der Waals surface area contributed by atoms with Crippen molar-refractivity contribution in [1.82, 2.24) is 9.47 Å². The Morgan fingerprint density at radius 3 is 2.50 bits per heavy atom. The predicted molar refractivity (Wildman–Crippen MR) is 131 cm³/mol. The van der Waals surface area contributed by atoms with Crippen LogP contribution >= 0.6 is 11.8 Å². The second-order valence-electron chi connectivity index (χ2n) is 7.75. The fourth-order valence-electron chi connectivity index (χ4n) is 3.38. The Morgan fingerprint density at radius 1 is 1.12 bits per heavy atom. The van der Waals surface area contributed by atoms with Crippen molar-refractivity contribution >= 4 is 50.5 Å². The van der Waals surface area contributed by atoms with E-state index in [0.29, 0.717) is 6.26 Å². The molecular weight excluding hydrogens is 446 g/mol. The molecule has 0 aliphatic carbocycles. The van der Waals surface area contributed by atoms with E-state index in [1.54, 1.807) is 0 Å². The van der Waals surface area contributed by atoms with Gasteiger partial charge in [0.15, 0.2) is 0 Å². The number of nitrogens with zero attached hydrogens (tertiary/aromatic N) is 2. The molecule has 2 heterocycles. The summed E-state index contributed by atoms with van der Waals surface area (Å²) in [6, 6.07) is 16.3. The van der Waals surface area contributed by atoms with Gasteiger partial charge in [-0.1, -0.05) is 42.1 Å². The van der Waals surface area contributed by atoms with Gasteiger partial charge in [-0.2, -0.15) is 8.42 Å². The van der Waals surface area contributed by atoms with Crippen molar-refractivity contribution in [2.45, 2.75) is 17.9 Å². The molecule has 0 bridgehead atoms. The molecule has 4 rings (SSSR count). The molecule has 1 aromatic heterocycles. The van der Waals surface area contributed by atoms with Crippen molar-refractivity contribution in [1.29, 1.82) is 0 Å². The summed E-state index contributed by atoms with van der Waals surface area (Å²) >= 11 is 1.53. The third-order valence-corrected chi connectivity index (χ3v) is 5.79. The van der Waals surface area contributed by atoms with Crippen molar-refractivity contribution in [2.75, 3.05) is 32.2 Å². The minimum absolute atomic E-state index is 0.0388. The van der Waals surface area contributed by atoms with E-state index in [0.717, 1.165) is 40.6 Å². The van der Waals surface area contributed by atoms with E-state index in [4.69, 9.17) is 4.55 Å². The number of aryl methyl sites for hydroxylation is 1. The summed E-state index contributed by atoms with van der Waals surface area (Å²) in [7, 11) is 0.528. The lowest BCUT2D eigenvalue weighted by molar-refractivity contribution is -0.112. The highest BCUT2D eigenvalue weighted by Gasteiger charge is 2.21. The zero-order valence-corrected chi connectivity index (χ0v) is 19.9. The number of benzene rings is 2. The van der Waals surface area contributed by atoms with Crippen LogP contribution in [-0.4, -0.2) is 55.2 Å². The van der Waals surface area contributed by atoms with Crippen molar-refractivity contribution < 1.29 is 17.8 Å². The summed E-state index contributed by atoms with van der Waals surface area (Å²) in [4.78, 5) is 16.6. The molecule has 3 aromatic rings. The fourth-order valence-corrected chi connectivity index (χ4v) is 4.32. The number of hydrogen-bond donors (Lipinski definition) is 2. The lowest BCUT2D eigenvalue weighted by atomic mass is 10.1. The molecule has 7 nitrogen and oxygen atoms in total. The zero-order valence-electron chi connectivity index (χ0n) is 18.3. The van der Waals surface area contributed by atoms with Crippen LogP contribution in [0.15, 0.2) is 64.5 Å². The molecule has 1 amide bonds. The van der Waals surface area contributed by atoms with Crippen LogP contribution in [0.25, 0.3) is 17.0 Å². The first-order chi connectivity index (χ1) is 15.1. The summed E-state index contributed by atoms with van der Waals surface area (Å²) in [5.41, 5.74) is 3.19. The molecule has 1 aliphatic heterocycles. The average molecular weight is 474 g/mol. The Hall–Kier alpha value is -2.59. The number of thioether (sulfide) groups is 1. The molecule has 0 spiro atoms. The van der Waals surface area contributed by atoms with E-state index in [1.165, 1.54) is 22.7 Å². The quantitative estimate of drug-likeness (QED) is 0.427. The first kappa shape index (κ1) is 24.1. The lowest BCUT2D eigenvalue weighted by Gasteiger charge is -2.18. The highest BCUT2D eigenvalue weighted by atomic mass is 32.2. The monoisotopic (exact) mass is 473 g/mol. The summed E-state index contributed by atoms with van der Waals surface area (Å²) < 4.78 is 28.2. The maximum absolute atomic E-state index is 12.5. The minimum atomic E-state index is -3.67. The maximum Gasteiger partial charge on any atom is 0.262 e. The molecule has 0 radical (unpaired) electrons. The highest BCUT2D eigenvalue weighted by molar-refractivity contribution is 8.04. The highest BCUT2D eigenvalue weighted by Crippen LogP contribution is 2.39. The van der Waals surface area contributed by atoms with E-state index in [1.807, 2.05) is 30.3 Å². The van der Waals surface area contributed by atoms with Gasteiger partial charge in [0.25, 0.3) is 16.0 Å². The van der Waals surface area contributed by atoms with Gasteiger partial charge in [-0.3, -0.25) is 9.35 Å². The van der Waals surface area contributed by atoms with Gasteiger partial charge in [0.1, 0.15) is 0 Å². The number of para-hydroxylation sites is 2. The second kappa shape index (κ2) is 10.4. The molecular formula is C23H27N3O4S2. The van der Waals surface area contributed by atoms with E-state index in [2.05, 4.69) is 59.3 Å².